The fourth-order valence-corrected chi connectivity index (χ4v) is 4.29. The highest BCUT2D eigenvalue weighted by Crippen LogP contribution is 2.37. The third-order valence-electron chi connectivity index (χ3n) is 5.93. The van der Waals surface area contributed by atoms with Gasteiger partial charge < -0.3 is 14.4 Å². The number of imidazole rings is 1. The molecule has 0 saturated carbocycles. The molecule has 0 saturated heterocycles. The molecule has 4 aromatic rings. The lowest BCUT2D eigenvalue weighted by Gasteiger charge is -2.31. The summed E-state index contributed by atoms with van der Waals surface area (Å²) < 4.78 is 36.7. The van der Waals surface area contributed by atoms with Crippen LogP contribution in [-0.4, -0.2) is 36.5 Å². The average molecular weight is 463 g/mol. The lowest BCUT2D eigenvalue weighted by Crippen LogP contribution is -2.35. The molecule has 7 nitrogen and oxygen atoms in total. The second-order valence-electron chi connectivity index (χ2n) is 8.33. The monoisotopic (exact) mass is 463 g/mol. The molecule has 2 aromatic carbocycles. The van der Waals surface area contributed by atoms with E-state index in [-0.39, 0.29) is 11.4 Å². The molecule has 174 valence electrons. The molecule has 0 bridgehead atoms. The first-order valence-corrected chi connectivity index (χ1v) is 10.9. The predicted octanol–water partition coefficient (Wildman–Crippen LogP) is 4.26. The van der Waals surface area contributed by atoms with E-state index < -0.39 is 17.2 Å². The SMILES string of the molecule is COc1cc(/C=C/c2nc3n(n2)CCC[C@]3(O)c2cc(F)cc(F)c2)ccc1-n1cnc(C)c1. The summed E-state index contributed by atoms with van der Waals surface area (Å²) in [6.45, 7) is 2.48. The van der Waals surface area contributed by atoms with Gasteiger partial charge in [0.15, 0.2) is 11.6 Å². The van der Waals surface area contributed by atoms with E-state index in [2.05, 4.69) is 15.1 Å². The second-order valence-corrected chi connectivity index (χ2v) is 8.33. The Morgan fingerprint density at radius 1 is 1.12 bits per heavy atom. The van der Waals surface area contributed by atoms with Crippen molar-refractivity contribution in [3.05, 3.63) is 89.0 Å². The smallest absolute Gasteiger partial charge is 0.174 e. The van der Waals surface area contributed by atoms with Gasteiger partial charge in [-0.05, 0) is 61.2 Å². The van der Waals surface area contributed by atoms with Crippen LogP contribution in [0.15, 0.2) is 48.9 Å². The van der Waals surface area contributed by atoms with Crippen LogP contribution in [0.25, 0.3) is 17.8 Å². The Morgan fingerprint density at radius 2 is 1.91 bits per heavy atom. The van der Waals surface area contributed by atoms with Crippen molar-refractivity contribution in [3.8, 4) is 11.4 Å². The van der Waals surface area contributed by atoms with Gasteiger partial charge in [-0.2, -0.15) is 5.10 Å². The van der Waals surface area contributed by atoms with Crippen LogP contribution in [0.1, 0.15) is 41.3 Å². The first kappa shape index (κ1) is 22.0. The lowest BCUT2D eigenvalue weighted by atomic mass is 9.86. The van der Waals surface area contributed by atoms with Gasteiger partial charge in [-0.15, -0.1) is 0 Å². The van der Waals surface area contributed by atoms with Crippen LogP contribution in [0.3, 0.4) is 0 Å². The van der Waals surface area contributed by atoms with Gasteiger partial charge in [0.05, 0.1) is 24.8 Å². The van der Waals surface area contributed by atoms with E-state index in [0.29, 0.717) is 31.0 Å². The summed E-state index contributed by atoms with van der Waals surface area (Å²) in [5, 5.41) is 15.8. The van der Waals surface area contributed by atoms with Crippen molar-refractivity contribution in [3.63, 3.8) is 0 Å². The van der Waals surface area contributed by atoms with Crippen molar-refractivity contribution in [2.24, 2.45) is 0 Å². The molecule has 34 heavy (non-hydrogen) atoms. The zero-order valence-electron chi connectivity index (χ0n) is 18.7. The average Bonchev–Trinajstić information content (AvgIpc) is 3.44. The summed E-state index contributed by atoms with van der Waals surface area (Å²) in [4.78, 5) is 8.75. The number of aromatic nitrogens is 5. The topological polar surface area (TPSA) is 78.0 Å². The van der Waals surface area contributed by atoms with Gasteiger partial charge in [0.2, 0.25) is 0 Å². The fraction of sp³-hybridized carbons (Fsp3) is 0.240. The van der Waals surface area contributed by atoms with E-state index in [0.717, 1.165) is 35.1 Å². The molecule has 2 aromatic heterocycles. The number of hydrogen-bond donors (Lipinski definition) is 1. The van der Waals surface area contributed by atoms with Crippen LogP contribution in [0.2, 0.25) is 0 Å². The summed E-state index contributed by atoms with van der Waals surface area (Å²) in [7, 11) is 1.61. The maximum absolute atomic E-state index is 13.8. The molecule has 1 N–H and O–H groups in total. The van der Waals surface area contributed by atoms with E-state index in [4.69, 9.17) is 4.74 Å². The first-order valence-electron chi connectivity index (χ1n) is 10.9. The number of fused-ring (bicyclic) bond motifs is 1. The largest absolute Gasteiger partial charge is 0.495 e. The van der Waals surface area contributed by atoms with Gasteiger partial charge in [0.1, 0.15) is 23.0 Å². The molecule has 0 radical (unpaired) electrons. The maximum atomic E-state index is 13.8. The van der Waals surface area contributed by atoms with Gasteiger partial charge in [0.25, 0.3) is 0 Å². The van der Waals surface area contributed by atoms with Crippen molar-refractivity contribution in [1.29, 1.82) is 0 Å². The van der Waals surface area contributed by atoms with Crippen LogP contribution < -0.4 is 4.74 Å². The number of aryl methyl sites for hydroxylation is 2. The second kappa shape index (κ2) is 8.49. The quantitative estimate of drug-likeness (QED) is 0.479. The molecule has 0 spiro atoms. The highest BCUT2D eigenvalue weighted by molar-refractivity contribution is 5.69. The van der Waals surface area contributed by atoms with Crippen LogP contribution in [-0.2, 0) is 12.1 Å². The van der Waals surface area contributed by atoms with Crippen LogP contribution in [0.4, 0.5) is 8.78 Å². The molecule has 0 fully saturated rings. The molecule has 1 atom stereocenters. The molecule has 0 aliphatic carbocycles. The molecule has 1 aliphatic heterocycles. The zero-order chi connectivity index (χ0) is 23.9. The third kappa shape index (κ3) is 3.99. The van der Waals surface area contributed by atoms with Crippen molar-refractivity contribution in [2.45, 2.75) is 31.9 Å². The molecule has 3 heterocycles. The number of methoxy groups -OCH3 is 1. The van der Waals surface area contributed by atoms with Crippen LogP contribution in [0.5, 0.6) is 5.75 Å². The van der Waals surface area contributed by atoms with Crippen molar-refractivity contribution < 1.29 is 18.6 Å². The molecule has 0 unspecified atom stereocenters. The Labute approximate surface area is 195 Å². The van der Waals surface area contributed by atoms with Gasteiger partial charge >= 0.3 is 0 Å². The number of hydrogen-bond acceptors (Lipinski definition) is 5. The number of benzene rings is 2. The molecule has 5 rings (SSSR count). The summed E-state index contributed by atoms with van der Waals surface area (Å²) in [5.41, 5.74) is 1.15. The Balaban J connectivity index is 1.45. The Kier molecular flexibility index (Phi) is 5.49. The fourth-order valence-electron chi connectivity index (χ4n) is 4.29. The zero-order valence-corrected chi connectivity index (χ0v) is 18.7. The van der Waals surface area contributed by atoms with Gasteiger partial charge in [0, 0.05) is 18.8 Å². The minimum Gasteiger partial charge on any atom is -0.495 e. The summed E-state index contributed by atoms with van der Waals surface area (Å²) in [5.74, 6) is -0.154. The van der Waals surface area contributed by atoms with Crippen LogP contribution in [0, 0.1) is 18.6 Å². The third-order valence-corrected chi connectivity index (χ3v) is 5.93. The number of halogens is 2. The number of nitrogens with zero attached hydrogens (tertiary/aromatic N) is 5. The molecule has 9 heteroatoms. The lowest BCUT2D eigenvalue weighted by molar-refractivity contribution is 0.0389. The van der Waals surface area contributed by atoms with Crippen LogP contribution >= 0.6 is 0 Å². The van der Waals surface area contributed by atoms with E-state index in [1.165, 1.54) is 0 Å². The van der Waals surface area contributed by atoms with E-state index >= 15 is 0 Å². The predicted molar refractivity (Wildman–Crippen MR) is 122 cm³/mol. The number of aliphatic hydroxyl groups is 1. The van der Waals surface area contributed by atoms with E-state index in [1.54, 1.807) is 24.2 Å². The standard InChI is InChI=1S/C25H23F2N5O2/c1-16-14-31(15-28-16)21-6-4-17(10-22(21)34-2)5-7-23-29-24-25(33,8-3-9-32(24)30-23)18-11-19(26)13-20(27)12-18/h4-7,10-15,33H,3,8-9H2,1-2H3/b7-5+/t25-/m0/s1. The summed E-state index contributed by atoms with van der Waals surface area (Å²) in [6, 6.07) is 8.82. The van der Waals surface area contributed by atoms with Crippen molar-refractivity contribution in [1.82, 2.24) is 24.3 Å². The molecule has 0 amide bonds. The maximum Gasteiger partial charge on any atom is 0.174 e. The molecular weight excluding hydrogens is 440 g/mol. The van der Waals surface area contributed by atoms with Crippen molar-refractivity contribution >= 4 is 12.2 Å². The Hall–Kier alpha value is -3.85. The van der Waals surface area contributed by atoms with Gasteiger partial charge in [-0.25, -0.2) is 23.4 Å². The van der Waals surface area contributed by atoms with Crippen molar-refractivity contribution in [2.75, 3.05) is 7.11 Å². The number of ether oxygens (including phenoxy) is 1. The van der Waals surface area contributed by atoms with Gasteiger partial charge in [-0.3, -0.25) is 0 Å². The molecule has 1 aliphatic rings. The normalized spacial score (nSPS) is 17.8. The highest BCUT2D eigenvalue weighted by Gasteiger charge is 2.40. The number of rotatable bonds is 5. The molecular formula is C25H23F2N5O2. The van der Waals surface area contributed by atoms with E-state index in [1.807, 2.05) is 42.0 Å². The van der Waals surface area contributed by atoms with Gasteiger partial charge in [-0.1, -0.05) is 12.1 Å². The minimum atomic E-state index is -1.62. The Morgan fingerprint density at radius 3 is 2.62 bits per heavy atom. The summed E-state index contributed by atoms with van der Waals surface area (Å²) >= 11 is 0. The minimum absolute atomic E-state index is 0.129. The Bertz CT molecular complexity index is 1370. The summed E-state index contributed by atoms with van der Waals surface area (Å²) in [6.07, 6.45) is 8.11. The first-order chi connectivity index (χ1) is 16.4. The highest BCUT2D eigenvalue weighted by atomic mass is 19.1. The van der Waals surface area contributed by atoms with E-state index in [9.17, 15) is 13.9 Å².